The Morgan fingerprint density at radius 2 is 1.59 bits per heavy atom. The highest BCUT2D eigenvalue weighted by molar-refractivity contribution is 5.71. The van der Waals surface area contributed by atoms with E-state index in [1.807, 2.05) is 6.92 Å². The Morgan fingerprint density at radius 1 is 0.976 bits per heavy atom. The Labute approximate surface area is 229 Å². The molecule has 3 heterocycles. The molecule has 2 unspecified atom stereocenters. The number of nitrogens with one attached hydrogen (secondary N) is 2. The minimum atomic E-state index is -5.11. The zero-order valence-electron chi connectivity index (χ0n) is 21.8. The van der Waals surface area contributed by atoms with E-state index in [9.17, 15) is 44.3 Å². The second-order valence-electron chi connectivity index (χ2n) is 10.2. The number of ether oxygens (including phenoxy) is 1. The first-order valence-electron chi connectivity index (χ1n) is 12.8. The molecule has 2 aromatic rings. The topological polar surface area (TPSA) is 66.5 Å². The summed E-state index contributed by atoms with van der Waals surface area (Å²) >= 11 is 0. The number of nitrogens with zero attached hydrogens (tertiary/aromatic N) is 2. The fraction of sp³-hybridized carbons (Fsp3) is 0.538. The highest BCUT2D eigenvalue weighted by atomic mass is 19.4. The van der Waals surface area contributed by atoms with E-state index in [-0.39, 0.29) is 29.5 Å². The van der Waals surface area contributed by atoms with Crippen LogP contribution < -0.4 is 10.6 Å². The molecule has 2 saturated heterocycles. The van der Waals surface area contributed by atoms with Gasteiger partial charge in [-0.05, 0) is 62.6 Å². The van der Waals surface area contributed by atoms with Crippen LogP contribution >= 0.6 is 0 Å². The molecule has 0 saturated carbocycles. The summed E-state index contributed by atoms with van der Waals surface area (Å²) in [5.74, 6) is 0.0848. The van der Waals surface area contributed by atoms with E-state index < -0.39 is 65.6 Å². The van der Waals surface area contributed by atoms with E-state index in [4.69, 9.17) is 4.74 Å². The van der Waals surface area contributed by atoms with Crippen molar-refractivity contribution in [3.63, 3.8) is 0 Å². The number of hydrogen-bond acceptors (Lipinski definition) is 5. The molecule has 1 aromatic heterocycles. The molecule has 1 aromatic carbocycles. The Balaban J connectivity index is 1.65. The van der Waals surface area contributed by atoms with Crippen molar-refractivity contribution >= 4 is 11.9 Å². The molecule has 0 aliphatic carbocycles. The van der Waals surface area contributed by atoms with Gasteiger partial charge in [0.15, 0.2) is 0 Å². The fourth-order valence-electron chi connectivity index (χ4n) is 5.04. The first kappa shape index (κ1) is 30.7. The average molecular weight is 599 g/mol. The first-order valence-corrected chi connectivity index (χ1v) is 12.8. The van der Waals surface area contributed by atoms with E-state index in [1.54, 1.807) is 0 Å². The van der Waals surface area contributed by atoms with Gasteiger partial charge < -0.3 is 15.4 Å². The Hall–Kier alpha value is -3.23. The van der Waals surface area contributed by atoms with Crippen molar-refractivity contribution in [2.45, 2.75) is 82.4 Å². The lowest BCUT2D eigenvalue weighted by Gasteiger charge is -2.31. The van der Waals surface area contributed by atoms with Gasteiger partial charge in [0.2, 0.25) is 0 Å². The van der Waals surface area contributed by atoms with Crippen LogP contribution in [-0.2, 0) is 29.8 Å². The second-order valence-corrected chi connectivity index (χ2v) is 10.2. The zero-order chi connectivity index (χ0) is 30.3. The summed E-state index contributed by atoms with van der Waals surface area (Å²) in [6.45, 7) is 3.50. The van der Waals surface area contributed by atoms with Gasteiger partial charge in [-0.2, -0.15) is 39.5 Å². The van der Waals surface area contributed by atoms with Crippen LogP contribution in [0.5, 0.6) is 0 Å². The molecule has 2 fully saturated rings. The first-order chi connectivity index (χ1) is 19.0. The van der Waals surface area contributed by atoms with Gasteiger partial charge >= 0.3 is 24.6 Å². The van der Waals surface area contributed by atoms with Gasteiger partial charge in [-0.1, -0.05) is 6.92 Å². The maximum atomic E-state index is 13.5. The summed E-state index contributed by atoms with van der Waals surface area (Å²) in [4.78, 5) is 17.7. The number of benzene rings is 1. The summed E-state index contributed by atoms with van der Waals surface area (Å²) in [6, 6.07) is 0.623. The Bertz CT molecular complexity index is 1230. The van der Waals surface area contributed by atoms with Crippen LogP contribution in [0.15, 0.2) is 30.5 Å². The molecular formula is C26H27F9N4O2. The molecule has 41 heavy (non-hydrogen) atoms. The number of carbonyl (C=O) groups is 1. The molecular weight excluding hydrogens is 571 g/mol. The molecule has 4 rings (SSSR count). The number of aromatic nitrogens is 1. The standard InChI is InChI=1S/C26H27F9N4O2/c1-3-19-10-20(4-5-36-19)38-22-15(8-18(11-37-22)26(33,34)35)12-39-13(2)21(41-23(39)40)14-6-16(24(27,28)29)9-17(7-14)25(30,31)32/h6-9,11,13,19-21,36H,3-5,10,12H2,1-2H3,(H,37,38)/t13-,19?,20?,21-/m0/s1. The normalized spacial score (nSPS) is 24.0. The molecule has 0 bridgehead atoms. The Kier molecular flexibility index (Phi) is 8.40. The molecule has 2 aliphatic rings. The summed E-state index contributed by atoms with van der Waals surface area (Å²) in [7, 11) is 0. The quantitative estimate of drug-likeness (QED) is 0.346. The summed E-state index contributed by atoms with van der Waals surface area (Å²) in [5, 5.41) is 6.47. The smallest absolute Gasteiger partial charge is 0.417 e. The highest BCUT2D eigenvalue weighted by Gasteiger charge is 2.44. The molecule has 15 heteroatoms. The largest absolute Gasteiger partial charge is 0.439 e. The number of cyclic esters (lactones) is 1. The number of carbonyl (C=O) groups excluding carboxylic acids is 1. The maximum absolute atomic E-state index is 13.5. The predicted molar refractivity (Wildman–Crippen MR) is 129 cm³/mol. The number of piperidine rings is 1. The number of anilines is 1. The van der Waals surface area contributed by atoms with E-state index >= 15 is 0 Å². The third-order valence-corrected chi connectivity index (χ3v) is 7.29. The lowest BCUT2D eigenvalue weighted by Crippen LogP contribution is -2.43. The molecule has 226 valence electrons. The number of hydrogen-bond donors (Lipinski definition) is 2. The minimum absolute atomic E-state index is 0.0316. The van der Waals surface area contributed by atoms with Crippen LogP contribution in [0.25, 0.3) is 0 Å². The lowest BCUT2D eigenvalue weighted by molar-refractivity contribution is -0.143. The zero-order valence-corrected chi connectivity index (χ0v) is 21.8. The van der Waals surface area contributed by atoms with Crippen molar-refractivity contribution in [2.24, 2.45) is 0 Å². The number of rotatable bonds is 6. The number of alkyl halides is 9. The van der Waals surface area contributed by atoms with E-state index in [0.717, 1.165) is 17.4 Å². The number of amides is 1. The SMILES string of the molecule is CCC1CC(Nc2ncc(C(F)(F)F)cc2CN2C(=O)O[C@H](c3cc(C(F)(F)F)cc(C(F)(F)F)c3)[C@@H]2C)CCN1. The van der Waals surface area contributed by atoms with Crippen LogP contribution in [0.4, 0.5) is 50.1 Å². The average Bonchev–Trinajstić information content (AvgIpc) is 3.16. The third-order valence-electron chi connectivity index (χ3n) is 7.29. The summed E-state index contributed by atoms with van der Waals surface area (Å²) in [5.41, 5.74) is -4.82. The molecule has 1 amide bonds. The Morgan fingerprint density at radius 3 is 2.15 bits per heavy atom. The van der Waals surface area contributed by atoms with Gasteiger partial charge in [-0.3, -0.25) is 4.90 Å². The van der Waals surface area contributed by atoms with Crippen LogP contribution in [0.2, 0.25) is 0 Å². The molecule has 2 aliphatic heterocycles. The van der Waals surface area contributed by atoms with Gasteiger partial charge in [0.25, 0.3) is 0 Å². The van der Waals surface area contributed by atoms with Gasteiger partial charge in [0.05, 0.1) is 29.3 Å². The van der Waals surface area contributed by atoms with Gasteiger partial charge in [-0.15, -0.1) is 0 Å². The van der Waals surface area contributed by atoms with E-state index in [2.05, 4.69) is 15.6 Å². The van der Waals surface area contributed by atoms with Gasteiger partial charge in [0, 0.05) is 23.8 Å². The number of pyridine rings is 1. The minimum Gasteiger partial charge on any atom is -0.439 e. The highest BCUT2D eigenvalue weighted by Crippen LogP contribution is 2.41. The van der Waals surface area contributed by atoms with E-state index in [1.165, 1.54) is 6.92 Å². The predicted octanol–water partition coefficient (Wildman–Crippen LogP) is 7.16. The van der Waals surface area contributed by atoms with Crippen molar-refractivity contribution in [3.05, 3.63) is 58.3 Å². The van der Waals surface area contributed by atoms with Crippen molar-refractivity contribution < 1.29 is 49.0 Å². The molecule has 0 spiro atoms. The summed E-state index contributed by atoms with van der Waals surface area (Å²) in [6.07, 6.45) is -14.8. The maximum Gasteiger partial charge on any atom is 0.417 e. The molecule has 2 N–H and O–H groups in total. The van der Waals surface area contributed by atoms with Gasteiger partial charge in [-0.25, -0.2) is 9.78 Å². The van der Waals surface area contributed by atoms with Crippen LogP contribution in [0.1, 0.15) is 67.0 Å². The van der Waals surface area contributed by atoms with Gasteiger partial charge in [0.1, 0.15) is 11.9 Å². The summed E-state index contributed by atoms with van der Waals surface area (Å²) < 4.78 is 126. The van der Waals surface area contributed by atoms with Crippen LogP contribution in [0.3, 0.4) is 0 Å². The lowest BCUT2D eigenvalue weighted by atomic mass is 9.97. The molecule has 4 atom stereocenters. The number of halogens is 9. The monoisotopic (exact) mass is 598 g/mol. The van der Waals surface area contributed by atoms with Crippen molar-refractivity contribution in [1.29, 1.82) is 0 Å². The van der Waals surface area contributed by atoms with Crippen molar-refractivity contribution in [2.75, 3.05) is 11.9 Å². The van der Waals surface area contributed by atoms with Crippen molar-refractivity contribution in [1.82, 2.24) is 15.2 Å². The van der Waals surface area contributed by atoms with E-state index in [0.29, 0.717) is 37.7 Å². The van der Waals surface area contributed by atoms with Crippen LogP contribution in [-0.4, -0.2) is 40.6 Å². The van der Waals surface area contributed by atoms with Crippen molar-refractivity contribution in [3.8, 4) is 0 Å². The third kappa shape index (κ3) is 6.99. The molecule has 0 radical (unpaired) electrons. The molecule has 6 nitrogen and oxygen atoms in total. The van der Waals surface area contributed by atoms with Crippen LogP contribution in [0, 0.1) is 0 Å². The fourth-order valence-corrected chi connectivity index (χ4v) is 5.04. The second kappa shape index (κ2) is 11.2.